The third-order valence-electron chi connectivity index (χ3n) is 3.91. The van der Waals surface area contributed by atoms with Crippen molar-refractivity contribution in [1.82, 2.24) is 0 Å². The number of carbonyl (C=O) groups excluding carboxylic acids is 1. The fourth-order valence-corrected chi connectivity index (χ4v) is 5.49. The Balaban J connectivity index is 1.70. The van der Waals surface area contributed by atoms with Crippen LogP contribution in [-0.4, -0.2) is 24.6 Å². The maximum absolute atomic E-state index is 12.8. The minimum Gasteiger partial charge on any atom is -0.493 e. The molecule has 0 spiro atoms. The number of thioether (sulfide) groups is 2. The van der Waals surface area contributed by atoms with Gasteiger partial charge in [0.1, 0.15) is 0 Å². The van der Waals surface area contributed by atoms with Gasteiger partial charge in [-0.15, -0.1) is 23.5 Å². The summed E-state index contributed by atoms with van der Waals surface area (Å²) in [7, 11) is 1.48. The second-order valence-electron chi connectivity index (χ2n) is 5.83. The van der Waals surface area contributed by atoms with Crippen molar-refractivity contribution in [1.29, 1.82) is 0 Å². The SMILES string of the molecule is COc1cc(C2SCCS2)ccc1OC(=O)Cc1cccc(C(F)(F)F)c1. The average molecular weight is 414 g/mol. The predicted octanol–water partition coefficient (Wildman–Crippen LogP) is 5.34. The Morgan fingerprint density at radius 2 is 1.85 bits per heavy atom. The number of hydrogen-bond acceptors (Lipinski definition) is 5. The second kappa shape index (κ2) is 8.48. The molecule has 27 heavy (non-hydrogen) atoms. The lowest BCUT2D eigenvalue weighted by Gasteiger charge is -2.14. The third kappa shape index (κ3) is 5.13. The standard InChI is InChI=1S/C19H17F3O3S2/c1-24-16-11-13(18-26-7-8-27-18)5-6-15(16)25-17(23)10-12-3-2-4-14(9-12)19(20,21)22/h2-6,9,11,18H,7-8,10H2,1H3. The van der Waals surface area contributed by atoms with Gasteiger partial charge in [0.05, 0.1) is 23.7 Å². The van der Waals surface area contributed by atoms with Gasteiger partial charge in [0, 0.05) is 11.5 Å². The van der Waals surface area contributed by atoms with Gasteiger partial charge in [-0.25, -0.2) is 0 Å². The fraction of sp³-hybridized carbons (Fsp3) is 0.316. The number of benzene rings is 2. The van der Waals surface area contributed by atoms with E-state index in [9.17, 15) is 18.0 Å². The first-order valence-corrected chi connectivity index (χ1v) is 10.2. The molecule has 1 heterocycles. The molecule has 0 N–H and O–H groups in total. The highest BCUT2D eigenvalue weighted by atomic mass is 32.2. The molecule has 8 heteroatoms. The van der Waals surface area contributed by atoms with Crippen molar-refractivity contribution in [2.45, 2.75) is 17.2 Å². The fourth-order valence-electron chi connectivity index (χ4n) is 2.65. The molecule has 0 aliphatic carbocycles. The third-order valence-corrected chi connectivity index (χ3v) is 7.01. The summed E-state index contributed by atoms with van der Waals surface area (Å²) < 4.78 is 49.3. The van der Waals surface area contributed by atoms with E-state index < -0.39 is 17.7 Å². The quantitative estimate of drug-likeness (QED) is 0.487. The molecule has 0 atom stereocenters. The molecular weight excluding hydrogens is 397 g/mol. The summed E-state index contributed by atoms with van der Waals surface area (Å²) in [5.74, 6) is 2.21. The molecule has 1 saturated heterocycles. The molecular formula is C19H17F3O3S2. The van der Waals surface area contributed by atoms with E-state index in [-0.39, 0.29) is 17.7 Å². The van der Waals surface area contributed by atoms with E-state index in [1.54, 1.807) is 6.07 Å². The predicted molar refractivity (Wildman–Crippen MR) is 101 cm³/mol. The Morgan fingerprint density at radius 1 is 1.11 bits per heavy atom. The maximum atomic E-state index is 12.8. The molecule has 3 nitrogen and oxygen atoms in total. The van der Waals surface area contributed by atoms with Gasteiger partial charge in [-0.1, -0.05) is 24.3 Å². The molecule has 2 aromatic rings. The first kappa shape index (κ1) is 19.9. The zero-order valence-electron chi connectivity index (χ0n) is 14.4. The first-order chi connectivity index (χ1) is 12.9. The van der Waals surface area contributed by atoms with Crippen molar-refractivity contribution in [3.63, 3.8) is 0 Å². The number of halogens is 3. The van der Waals surface area contributed by atoms with Crippen LogP contribution in [0.15, 0.2) is 42.5 Å². The van der Waals surface area contributed by atoms with Gasteiger partial charge in [-0.3, -0.25) is 4.79 Å². The summed E-state index contributed by atoms with van der Waals surface area (Å²) in [6.45, 7) is 0. The lowest BCUT2D eigenvalue weighted by atomic mass is 10.1. The average Bonchev–Trinajstić information content (AvgIpc) is 3.16. The molecule has 2 aromatic carbocycles. The molecule has 0 bridgehead atoms. The molecule has 3 rings (SSSR count). The summed E-state index contributed by atoms with van der Waals surface area (Å²) in [5.41, 5.74) is 0.530. The highest BCUT2D eigenvalue weighted by molar-refractivity contribution is 8.19. The highest BCUT2D eigenvalue weighted by Crippen LogP contribution is 2.47. The van der Waals surface area contributed by atoms with Gasteiger partial charge in [0.15, 0.2) is 11.5 Å². The molecule has 0 amide bonds. The van der Waals surface area contributed by atoms with Crippen LogP contribution in [0.1, 0.15) is 21.3 Å². The highest BCUT2D eigenvalue weighted by Gasteiger charge is 2.30. The van der Waals surface area contributed by atoms with Crippen LogP contribution in [0.5, 0.6) is 11.5 Å². The summed E-state index contributed by atoms with van der Waals surface area (Å²) in [4.78, 5) is 12.2. The number of methoxy groups -OCH3 is 1. The van der Waals surface area contributed by atoms with E-state index in [2.05, 4.69) is 0 Å². The minimum absolute atomic E-state index is 0.240. The Bertz CT molecular complexity index is 818. The van der Waals surface area contributed by atoms with Crippen LogP contribution in [0.2, 0.25) is 0 Å². The number of ether oxygens (including phenoxy) is 2. The molecule has 1 aliphatic heterocycles. The van der Waals surface area contributed by atoms with E-state index in [0.717, 1.165) is 29.2 Å². The maximum Gasteiger partial charge on any atom is 0.416 e. The van der Waals surface area contributed by atoms with Gasteiger partial charge in [0.25, 0.3) is 0 Å². The lowest BCUT2D eigenvalue weighted by molar-refractivity contribution is -0.138. The van der Waals surface area contributed by atoms with Crippen LogP contribution in [0.3, 0.4) is 0 Å². The van der Waals surface area contributed by atoms with Crippen molar-refractivity contribution in [3.8, 4) is 11.5 Å². The van der Waals surface area contributed by atoms with Gasteiger partial charge in [-0.2, -0.15) is 13.2 Å². The molecule has 0 aromatic heterocycles. The molecule has 1 fully saturated rings. The van der Waals surface area contributed by atoms with Gasteiger partial charge in [0.2, 0.25) is 0 Å². The largest absolute Gasteiger partial charge is 0.493 e. The van der Waals surface area contributed by atoms with Crippen LogP contribution in [-0.2, 0) is 17.4 Å². The summed E-state index contributed by atoms with van der Waals surface area (Å²) in [6, 6.07) is 10.0. The van der Waals surface area contributed by atoms with Gasteiger partial charge in [-0.05, 0) is 29.3 Å². The molecule has 1 aliphatic rings. The number of carbonyl (C=O) groups is 1. The van der Waals surface area contributed by atoms with Crippen LogP contribution >= 0.6 is 23.5 Å². The molecule has 0 saturated carbocycles. The second-order valence-corrected chi connectivity index (χ2v) is 8.56. The summed E-state index contributed by atoms with van der Waals surface area (Å²) >= 11 is 3.69. The summed E-state index contributed by atoms with van der Waals surface area (Å²) in [5, 5.41) is 0. The van der Waals surface area contributed by atoms with E-state index in [4.69, 9.17) is 9.47 Å². The van der Waals surface area contributed by atoms with Gasteiger partial charge >= 0.3 is 12.1 Å². The van der Waals surface area contributed by atoms with Gasteiger partial charge < -0.3 is 9.47 Å². The Morgan fingerprint density at radius 3 is 2.52 bits per heavy atom. The zero-order chi connectivity index (χ0) is 19.4. The smallest absolute Gasteiger partial charge is 0.416 e. The van der Waals surface area contributed by atoms with Crippen molar-refractivity contribution >= 4 is 29.5 Å². The summed E-state index contributed by atoms with van der Waals surface area (Å²) in [6.07, 6.45) is -4.71. The topological polar surface area (TPSA) is 35.5 Å². The van der Waals surface area contributed by atoms with Crippen LogP contribution in [0.4, 0.5) is 13.2 Å². The number of rotatable bonds is 5. The Kier molecular flexibility index (Phi) is 6.26. The lowest BCUT2D eigenvalue weighted by Crippen LogP contribution is -2.13. The first-order valence-electron chi connectivity index (χ1n) is 8.15. The number of esters is 1. The van der Waals surface area contributed by atoms with Crippen molar-refractivity contribution in [2.24, 2.45) is 0 Å². The molecule has 0 radical (unpaired) electrons. The number of hydrogen-bond donors (Lipinski definition) is 0. The number of alkyl halides is 3. The molecule has 0 unspecified atom stereocenters. The van der Waals surface area contributed by atoms with Crippen molar-refractivity contribution in [2.75, 3.05) is 18.6 Å². The Hall–Kier alpha value is -1.80. The van der Waals surface area contributed by atoms with E-state index >= 15 is 0 Å². The van der Waals surface area contributed by atoms with Crippen molar-refractivity contribution < 1.29 is 27.4 Å². The minimum atomic E-state index is -4.45. The van der Waals surface area contributed by atoms with Crippen molar-refractivity contribution in [3.05, 3.63) is 59.2 Å². The monoisotopic (exact) mass is 414 g/mol. The van der Waals surface area contributed by atoms with E-state index in [1.807, 2.05) is 35.7 Å². The Labute approximate surface area is 163 Å². The van der Waals surface area contributed by atoms with Crippen LogP contribution in [0.25, 0.3) is 0 Å². The van der Waals surface area contributed by atoms with Crippen LogP contribution < -0.4 is 9.47 Å². The normalized spacial score (nSPS) is 15.0. The van der Waals surface area contributed by atoms with E-state index in [0.29, 0.717) is 10.3 Å². The van der Waals surface area contributed by atoms with E-state index in [1.165, 1.54) is 19.2 Å². The zero-order valence-corrected chi connectivity index (χ0v) is 16.0. The molecule has 144 valence electrons. The van der Waals surface area contributed by atoms with Crippen LogP contribution in [0, 0.1) is 0 Å².